The first-order valence-electron chi connectivity index (χ1n) is 10.2. The van der Waals surface area contributed by atoms with Crippen LogP contribution in [-0.4, -0.2) is 12.1 Å². The lowest BCUT2D eigenvalue weighted by atomic mass is 9.96. The van der Waals surface area contributed by atoms with Gasteiger partial charge in [0.2, 0.25) is 5.78 Å². The number of hydrogen-bond acceptors (Lipinski definition) is 5. The molecule has 0 N–H and O–H groups in total. The van der Waals surface area contributed by atoms with Crippen LogP contribution in [0.1, 0.15) is 21.7 Å². The van der Waals surface area contributed by atoms with Gasteiger partial charge in [0.1, 0.15) is 16.9 Å². The van der Waals surface area contributed by atoms with Crippen molar-refractivity contribution in [1.29, 1.82) is 0 Å². The molecule has 5 aromatic rings. The van der Waals surface area contributed by atoms with Crippen LogP contribution < -0.4 is 10.4 Å². The Morgan fingerprint density at radius 3 is 2.29 bits per heavy atom. The van der Waals surface area contributed by atoms with Crippen molar-refractivity contribution in [2.75, 3.05) is 0 Å². The quantitative estimate of drug-likeness (QED) is 0.220. The molecule has 170 valence electrons. The fourth-order valence-electron chi connectivity index (χ4n) is 3.94. The maximum absolute atomic E-state index is 13.4. The predicted molar refractivity (Wildman–Crippen MR) is 119 cm³/mol. The average Bonchev–Trinajstić information content (AvgIpc) is 3.19. The van der Waals surface area contributed by atoms with Crippen molar-refractivity contribution in [3.63, 3.8) is 0 Å². The van der Waals surface area contributed by atoms with Crippen molar-refractivity contribution in [2.45, 2.75) is 13.3 Å². The Morgan fingerprint density at radius 1 is 0.912 bits per heavy atom. The summed E-state index contributed by atoms with van der Waals surface area (Å²) in [6, 6.07) is 18.4. The minimum absolute atomic E-state index is 0.0256. The third kappa shape index (κ3) is 3.83. The van der Waals surface area contributed by atoms with Gasteiger partial charge in [-0.1, -0.05) is 30.3 Å². The molecule has 2 aromatic heterocycles. The molecule has 2 heterocycles. The second-order valence-electron chi connectivity index (χ2n) is 7.64. The number of ketones is 1. The zero-order valence-electron chi connectivity index (χ0n) is 17.6. The molecule has 0 saturated heterocycles. The molecule has 0 radical (unpaired) electrons. The summed E-state index contributed by atoms with van der Waals surface area (Å²) in [4.78, 5) is 25.6. The average molecular weight is 464 g/mol. The molecule has 0 aliphatic carbocycles. The number of benzene rings is 3. The fourth-order valence-corrected chi connectivity index (χ4v) is 3.94. The van der Waals surface area contributed by atoms with Gasteiger partial charge < -0.3 is 13.6 Å². The van der Waals surface area contributed by atoms with Crippen molar-refractivity contribution in [3.05, 3.63) is 100 Å². The molecule has 0 fully saturated rings. The first-order valence-corrected chi connectivity index (χ1v) is 10.2. The molecule has 3 aromatic carbocycles. The van der Waals surface area contributed by atoms with Gasteiger partial charge in [-0.3, -0.25) is 4.79 Å². The molecular formula is C26H15F3O5. The Balaban J connectivity index is 1.73. The highest BCUT2D eigenvalue weighted by molar-refractivity contribution is 6.20. The number of rotatable bonds is 4. The summed E-state index contributed by atoms with van der Waals surface area (Å²) in [5.41, 5.74) is 1.98. The Labute approximate surface area is 190 Å². The van der Waals surface area contributed by atoms with Crippen LogP contribution in [0.3, 0.4) is 0 Å². The van der Waals surface area contributed by atoms with Crippen LogP contribution in [0.2, 0.25) is 0 Å². The SMILES string of the molecule is Cc1cc(=O)oc2c1ccc1oc(C(=O)c3ccc(OC(F)(F)F)cc3)c(-c3ccccc3)c12. The van der Waals surface area contributed by atoms with E-state index >= 15 is 0 Å². The maximum Gasteiger partial charge on any atom is 0.573 e. The minimum Gasteiger partial charge on any atom is -0.452 e. The first kappa shape index (κ1) is 21.5. The molecule has 8 heteroatoms. The topological polar surface area (TPSA) is 69.7 Å². The van der Waals surface area contributed by atoms with E-state index in [9.17, 15) is 22.8 Å². The molecule has 5 rings (SSSR count). The van der Waals surface area contributed by atoms with Crippen LogP contribution >= 0.6 is 0 Å². The summed E-state index contributed by atoms with van der Waals surface area (Å²) < 4.78 is 52.8. The fraction of sp³-hybridized carbons (Fsp3) is 0.0769. The molecule has 0 unspecified atom stereocenters. The van der Waals surface area contributed by atoms with Gasteiger partial charge in [0.05, 0.1) is 5.39 Å². The number of halogens is 3. The summed E-state index contributed by atoms with van der Waals surface area (Å²) >= 11 is 0. The number of carbonyl (C=O) groups excluding carboxylic acids is 1. The summed E-state index contributed by atoms with van der Waals surface area (Å²) in [5, 5.41) is 1.16. The standard InChI is InChI=1S/C26H15F3O5/c1-14-13-20(30)33-24-18(14)11-12-19-22(24)21(15-5-3-2-4-6-15)25(32-19)23(31)16-7-9-17(10-8-16)34-26(27,28)29/h2-13H,1H3. The summed E-state index contributed by atoms with van der Waals surface area (Å²) in [6.45, 7) is 1.78. The summed E-state index contributed by atoms with van der Waals surface area (Å²) in [7, 11) is 0. The van der Waals surface area contributed by atoms with E-state index < -0.39 is 23.5 Å². The van der Waals surface area contributed by atoms with E-state index in [0.29, 0.717) is 33.0 Å². The molecule has 34 heavy (non-hydrogen) atoms. The predicted octanol–water partition coefficient (Wildman–Crippen LogP) is 6.64. The number of aryl methyl sites for hydroxylation is 1. The third-order valence-corrected chi connectivity index (χ3v) is 5.39. The Kier molecular flexibility index (Phi) is 5.01. The van der Waals surface area contributed by atoms with Crippen LogP contribution in [-0.2, 0) is 0 Å². The van der Waals surface area contributed by atoms with E-state index in [-0.39, 0.29) is 16.9 Å². The minimum atomic E-state index is -4.84. The Morgan fingerprint density at radius 2 is 1.62 bits per heavy atom. The lowest BCUT2D eigenvalue weighted by Gasteiger charge is -2.09. The third-order valence-electron chi connectivity index (χ3n) is 5.39. The number of furan rings is 1. The van der Waals surface area contributed by atoms with Crippen molar-refractivity contribution >= 4 is 27.7 Å². The number of carbonyl (C=O) groups is 1. The number of hydrogen-bond donors (Lipinski definition) is 0. The van der Waals surface area contributed by atoms with Crippen LogP contribution in [0.25, 0.3) is 33.1 Å². The monoisotopic (exact) mass is 464 g/mol. The molecule has 0 amide bonds. The highest BCUT2D eigenvalue weighted by Crippen LogP contribution is 2.40. The van der Waals surface area contributed by atoms with Crippen molar-refractivity contribution in [2.24, 2.45) is 0 Å². The van der Waals surface area contributed by atoms with Crippen LogP contribution in [0, 0.1) is 6.92 Å². The molecular weight excluding hydrogens is 449 g/mol. The van der Waals surface area contributed by atoms with Gasteiger partial charge in [0.15, 0.2) is 5.76 Å². The molecule has 0 atom stereocenters. The molecule has 0 aliphatic rings. The second kappa shape index (κ2) is 7.91. The first-order chi connectivity index (χ1) is 16.2. The highest BCUT2D eigenvalue weighted by atomic mass is 19.4. The van der Waals surface area contributed by atoms with Gasteiger partial charge in [0, 0.05) is 22.6 Å². The van der Waals surface area contributed by atoms with Crippen LogP contribution in [0.15, 0.2) is 86.4 Å². The Bertz CT molecular complexity index is 1590. The van der Waals surface area contributed by atoms with Crippen molar-refractivity contribution in [1.82, 2.24) is 0 Å². The largest absolute Gasteiger partial charge is 0.573 e. The van der Waals surface area contributed by atoms with E-state index in [1.165, 1.54) is 18.2 Å². The highest BCUT2D eigenvalue weighted by Gasteiger charge is 2.31. The summed E-state index contributed by atoms with van der Waals surface area (Å²) in [6.07, 6.45) is -4.84. The van der Waals surface area contributed by atoms with Gasteiger partial charge in [0.25, 0.3) is 0 Å². The molecule has 0 bridgehead atoms. The van der Waals surface area contributed by atoms with Crippen LogP contribution in [0.5, 0.6) is 5.75 Å². The van der Waals surface area contributed by atoms with E-state index in [1.807, 2.05) is 6.07 Å². The number of fused-ring (bicyclic) bond motifs is 3. The molecule has 5 nitrogen and oxygen atoms in total. The van der Waals surface area contributed by atoms with E-state index in [4.69, 9.17) is 8.83 Å². The molecule has 0 spiro atoms. The smallest absolute Gasteiger partial charge is 0.452 e. The molecule has 0 aliphatic heterocycles. The zero-order valence-corrected chi connectivity index (χ0v) is 17.6. The maximum atomic E-state index is 13.4. The van der Waals surface area contributed by atoms with Crippen LogP contribution in [0.4, 0.5) is 13.2 Å². The van der Waals surface area contributed by atoms with Crippen molar-refractivity contribution in [3.8, 4) is 16.9 Å². The van der Waals surface area contributed by atoms with Crippen molar-refractivity contribution < 1.29 is 31.5 Å². The van der Waals surface area contributed by atoms with E-state index in [1.54, 1.807) is 43.3 Å². The number of ether oxygens (including phenoxy) is 1. The normalized spacial score (nSPS) is 11.8. The lowest BCUT2D eigenvalue weighted by Crippen LogP contribution is -2.17. The zero-order chi connectivity index (χ0) is 24.0. The van der Waals surface area contributed by atoms with Gasteiger partial charge in [-0.05, 0) is 54.4 Å². The Hall–Kier alpha value is -4.33. The van der Waals surface area contributed by atoms with Gasteiger partial charge in [-0.25, -0.2) is 4.79 Å². The van der Waals surface area contributed by atoms with Gasteiger partial charge in [-0.2, -0.15) is 0 Å². The second-order valence-corrected chi connectivity index (χ2v) is 7.64. The van der Waals surface area contributed by atoms with Gasteiger partial charge >= 0.3 is 12.0 Å². The van der Waals surface area contributed by atoms with Gasteiger partial charge in [-0.15, -0.1) is 13.2 Å². The number of alkyl halides is 3. The molecule has 0 saturated carbocycles. The summed E-state index contributed by atoms with van der Waals surface area (Å²) in [5.74, 6) is -1.01. The lowest BCUT2D eigenvalue weighted by molar-refractivity contribution is -0.274. The van der Waals surface area contributed by atoms with E-state index in [2.05, 4.69) is 4.74 Å². The van der Waals surface area contributed by atoms with E-state index in [0.717, 1.165) is 12.1 Å².